The molecule has 0 spiro atoms. The summed E-state index contributed by atoms with van der Waals surface area (Å²) in [6, 6.07) is 19.7. The third kappa shape index (κ3) is 4.13. The van der Waals surface area contributed by atoms with Crippen molar-refractivity contribution in [2.75, 3.05) is 13.1 Å². The molecule has 0 amide bonds. The van der Waals surface area contributed by atoms with Crippen LogP contribution in [0.15, 0.2) is 71.8 Å². The molecule has 5 nitrogen and oxygen atoms in total. The highest BCUT2D eigenvalue weighted by molar-refractivity contribution is 7.22. The summed E-state index contributed by atoms with van der Waals surface area (Å²) in [5.74, 6) is 0. The fraction of sp³-hybridized carbons (Fsp3) is 0.222. The Morgan fingerprint density at radius 3 is 2.56 bits per heavy atom. The maximum atomic E-state index is 13.3. The van der Waals surface area contributed by atoms with E-state index in [9.17, 15) is 4.79 Å². The van der Waals surface area contributed by atoms with Crippen molar-refractivity contribution in [3.8, 4) is 16.1 Å². The number of fused-ring (bicyclic) bond motifs is 2. The van der Waals surface area contributed by atoms with Gasteiger partial charge < -0.3 is 0 Å². The molecular weight excluding hydrogens is 464 g/mol. The Morgan fingerprint density at radius 1 is 0.912 bits per heavy atom. The number of rotatable bonds is 4. The van der Waals surface area contributed by atoms with Crippen molar-refractivity contribution in [1.29, 1.82) is 0 Å². The Bertz CT molecular complexity index is 1550. The monoisotopic (exact) mass is 486 g/mol. The van der Waals surface area contributed by atoms with E-state index >= 15 is 0 Å². The van der Waals surface area contributed by atoms with Gasteiger partial charge in [-0.15, -0.1) is 11.3 Å². The number of likely N-dealkylation sites (tertiary alicyclic amines) is 1. The summed E-state index contributed by atoms with van der Waals surface area (Å²) in [6.07, 6.45) is 5.49. The van der Waals surface area contributed by atoms with Crippen molar-refractivity contribution < 1.29 is 0 Å². The maximum Gasteiger partial charge on any atom is 0.275 e. The van der Waals surface area contributed by atoms with Gasteiger partial charge in [-0.25, -0.2) is 4.98 Å². The summed E-state index contributed by atoms with van der Waals surface area (Å²) in [7, 11) is 0. The van der Waals surface area contributed by atoms with E-state index in [1.807, 2.05) is 48.5 Å². The van der Waals surface area contributed by atoms with Gasteiger partial charge in [-0.1, -0.05) is 36.2 Å². The number of nitrogens with zero attached hydrogens (tertiary/aromatic N) is 4. The molecule has 2 aromatic carbocycles. The number of aromatic nitrogens is 3. The summed E-state index contributed by atoms with van der Waals surface area (Å²) < 4.78 is 2.26. The standard InChI is InChI=1S/C27H23ClN4OS/c28-20-7-4-18(5-8-20)25-15-24-26(34-25)27(33)32(17-29-24)22-10-11-23-19(14-22)6-9-21(30-23)16-31-12-2-1-3-13-31/h4-11,14-15,17H,1-3,12-13,16H2. The van der Waals surface area contributed by atoms with Crippen molar-refractivity contribution in [1.82, 2.24) is 19.4 Å². The molecule has 0 atom stereocenters. The predicted molar refractivity (Wildman–Crippen MR) is 140 cm³/mol. The van der Waals surface area contributed by atoms with Crippen molar-refractivity contribution in [3.05, 3.63) is 88.1 Å². The highest BCUT2D eigenvalue weighted by Crippen LogP contribution is 2.31. The molecule has 7 heteroatoms. The molecule has 1 saturated heterocycles. The maximum absolute atomic E-state index is 13.3. The average Bonchev–Trinajstić information content (AvgIpc) is 3.30. The molecule has 0 bridgehead atoms. The van der Waals surface area contributed by atoms with E-state index in [0.717, 1.165) is 52.4 Å². The van der Waals surface area contributed by atoms with Crippen molar-refractivity contribution >= 4 is 44.1 Å². The molecule has 3 aromatic heterocycles. The number of hydrogen-bond donors (Lipinski definition) is 0. The van der Waals surface area contributed by atoms with Crippen LogP contribution >= 0.6 is 22.9 Å². The van der Waals surface area contributed by atoms with Crippen LogP contribution in [0.2, 0.25) is 5.02 Å². The van der Waals surface area contributed by atoms with Gasteiger partial charge in [-0.2, -0.15) is 0 Å². The van der Waals surface area contributed by atoms with E-state index in [1.54, 1.807) is 10.9 Å². The molecule has 34 heavy (non-hydrogen) atoms. The van der Waals surface area contributed by atoms with Gasteiger partial charge in [0, 0.05) is 21.8 Å². The number of hydrogen-bond acceptors (Lipinski definition) is 5. The first kappa shape index (κ1) is 21.5. The first-order valence-electron chi connectivity index (χ1n) is 11.5. The van der Waals surface area contributed by atoms with Crippen LogP contribution in [-0.4, -0.2) is 32.5 Å². The molecule has 1 aliphatic rings. The SMILES string of the molecule is O=c1c2sc(-c3ccc(Cl)cc3)cc2ncn1-c1ccc2nc(CN3CCCCC3)ccc2c1. The molecule has 0 saturated carbocycles. The predicted octanol–water partition coefficient (Wildman–Crippen LogP) is 6.30. The quantitative estimate of drug-likeness (QED) is 0.299. The second kappa shape index (κ2) is 8.95. The van der Waals surface area contributed by atoms with Crippen LogP contribution in [0.1, 0.15) is 25.0 Å². The molecule has 5 aromatic rings. The largest absolute Gasteiger partial charge is 0.298 e. The van der Waals surface area contributed by atoms with Crippen LogP contribution in [-0.2, 0) is 6.54 Å². The topological polar surface area (TPSA) is 51.0 Å². The second-order valence-electron chi connectivity index (χ2n) is 8.77. The Kier molecular flexibility index (Phi) is 5.65. The van der Waals surface area contributed by atoms with Crippen LogP contribution in [0.5, 0.6) is 0 Å². The minimum absolute atomic E-state index is 0.0655. The highest BCUT2D eigenvalue weighted by atomic mass is 35.5. The molecule has 0 aliphatic carbocycles. The van der Waals surface area contributed by atoms with Gasteiger partial charge in [0.05, 0.1) is 22.4 Å². The fourth-order valence-electron chi connectivity index (χ4n) is 4.59. The average molecular weight is 487 g/mol. The zero-order chi connectivity index (χ0) is 23.1. The van der Waals surface area contributed by atoms with Crippen molar-refractivity contribution in [2.45, 2.75) is 25.8 Å². The van der Waals surface area contributed by atoms with E-state index in [-0.39, 0.29) is 5.56 Å². The number of piperidine rings is 1. The number of thiophene rings is 1. The highest BCUT2D eigenvalue weighted by Gasteiger charge is 2.14. The van der Waals surface area contributed by atoms with Crippen LogP contribution < -0.4 is 5.56 Å². The van der Waals surface area contributed by atoms with Gasteiger partial charge in [0.2, 0.25) is 0 Å². The van der Waals surface area contributed by atoms with Crippen LogP contribution in [0.25, 0.3) is 37.2 Å². The van der Waals surface area contributed by atoms with E-state index in [4.69, 9.17) is 16.6 Å². The fourth-order valence-corrected chi connectivity index (χ4v) is 5.76. The Balaban J connectivity index is 1.33. The summed E-state index contributed by atoms with van der Waals surface area (Å²) in [5, 5.41) is 1.70. The number of benzene rings is 2. The first-order chi connectivity index (χ1) is 16.6. The van der Waals surface area contributed by atoms with Gasteiger partial charge in [-0.3, -0.25) is 19.2 Å². The van der Waals surface area contributed by atoms with Gasteiger partial charge >= 0.3 is 0 Å². The smallest absolute Gasteiger partial charge is 0.275 e. The summed E-state index contributed by atoms with van der Waals surface area (Å²) in [6.45, 7) is 3.20. The molecule has 0 radical (unpaired) electrons. The number of pyridine rings is 1. The van der Waals surface area contributed by atoms with Gasteiger partial charge in [0.15, 0.2) is 0 Å². The lowest BCUT2D eigenvalue weighted by atomic mass is 10.1. The molecule has 4 heterocycles. The molecule has 1 aliphatic heterocycles. The summed E-state index contributed by atoms with van der Waals surface area (Å²) >= 11 is 7.47. The lowest BCUT2D eigenvalue weighted by Crippen LogP contribution is -2.29. The lowest BCUT2D eigenvalue weighted by molar-refractivity contribution is 0.219. The summed E-state index contributed by atoms with van der Waals surface area (Å²) in [5.41, 5.74) is 4.50. The zero-order valence-corrected chi connectivity index (χ0v) is 20.1. The lowest BCUT2D eigenvalue weighted by Gasteiger charge is -2.26. The molecule has 0 N–H and O–H groups in total. The van der Waals surface area contributed by atoms with Crippen LogP contribution in [0, 0.1) is 0 Å². The van der Waals surface area contributed by atoms with Gasteiger partial charge in [0.25, 0.3) is 5.56 Å². The van der Waals surface area contributed by atoms with E-state index < -0.39 is 0 Å². The third-order valence-corrected chi connectivity index (χ3v) is 7.82. The molecule has 6 rings (SSSR count). The third-order valence-electron chi connectivity index (χ3n) is 6.41. The molecular formula is C27H23ClN4OS. The minimum Gasteiger partial charge on any atom is -0.298 e. The van der Waals surface area contributed by atoms with E-state index in [2.05, 4.69) is 22.0 Å². The van der Waals surface area contributed by atoms with Crippen molar-refractivity contribution in [2.24, 2.45) is 0 Å². The Morgan fingerprint density at radius 2 is 1.74 bits per heavy atom. The van der Waals surface area contributed by atoms with Crippen LogP contribution in [0.3, 0.4) is 0 Å². The Hall–Kier alpha value is -3.06. The first-order valence-corrected chi connectivity index (χ1v) is 12.7. The number of halogens is 1. The second-order valence-corrected chi connectivity index (χ2v) is 10.3. The zero-order valence-electron chi connectivity index (χ0n) is 18.6. The van der Waals surface area contributed by atoms with Crippen LogP contribution in [0.4, 0.5) is 0 Å². The van der Waals surface area contributed by atoms with E-state index in [1.165, 1.54) is 30.6 Å². The minimum atomic E-state index is -0.0655. The Labute approximate surface area is 206 Å². The summed E-state index contributed by atoms with van der Waals surface area (Å²) in [4.78, 5) is 26.2. The van der Waals surface area contributed by atoms with Crippen molar-refractivity contribution in [3.63, 3.8) is 0 Å². The van der Waals surface area contributed by atoms with Gasteiger partial charge in [0.1, 0.15) is 11.0 Å². The molecule has 1 fully saturated rings. The molecule has 170 valence electrons. The van der Waals surface area contributed by atoms with E-state index in [0.29, 0.717) is 15.2 Å². The van der Waals surface area contributed by atoms with Gasteiger partial charge in [-0.05, 0) is 74.0 Å². The normalized spacial score (nSPS) is 14.7. The molecule has 0 unspecified atom stereocenters.